The number of halogens is 8. The highest BCUT2D eigenvalue weighted by atomic mass is 32.2. The molecule has 0 saturated carbocycles. The fraction of sp³-hybridized carbons (Fsp3) is 0.400. The summed E-state index contributed by atoms with van der Waals surface area (Å²) in [6.45, 7) is 0.00586. The molecule has 2 nitrogen and oxygen atoms in total. The minimum Gasteiger partial charge on any atom is -0.507 e. The van der Waals surface area contributed by atoms with Crippen molar-refractivity contribution >= 4 is 23.1 Å². The van der Waals surface area contributed by atoms with E-state index in [0.29, 0.717) is 19.1 Å². The molecule has 0 bridgehead atoms. The Morgan fingerprint density at radius 1 is 1.10 bits per heavy atom. The number of nitrogens with zero attached hydrogens (tertiary/aromatic N) is 1. The highest BCUT2D eigenvalue weighted by molar-refractivity contribution is 8.00. The van der Waals surface area contributed by atoms with Gasteiger partial charge in [-0.1, -0.05) is 0 Å². The third kappa shape index (κ3) is 5.36. The van der Waals surface area contributed by atoms with E-state index < -0.39 is 59.8 Å². The van der Waals surface area contributed by atoms with Gasteiger partial charge in [0, 0.05) is 23.5 Å². The maximum atomic E-state index is 14.9. The topological polar surface area (TPSA) is 23.5 Å². The van der Waals surface area contributed by atoms with Crippen molar-refractivity contribution in [2.24, 2.45) is 5.92 Å². The van der Waals surface area contributed by atoms with Crippen LogP contribution in [0, 0.1) is 11.7 Å². The van der Waals surface area contributed by atoms with Crippen LogP contribution in [-0.2, 0) is 6.18 Å². The summed E-state index contributed by atoms with van der Waals surface area (Å²) in [5, 5.41) is 6.18. The van der Waals surface area contributed by atoms with Crippen molar-refractivity contribution in [1.29, 1.82) is 0 Å². The van der Waals surface area contributed by atoms with Crippen molar-refractivity contribution in [1.82, 2.24) is 0 Å². The molecule has 2 aromatic carbocycles. The van der Waals surface area contributed by atoms with Gasteiger partial charge in [-0.15, -0.1) is 0 Å². The van der Waals surface area contributed by atoms with Gasteiger partial charge >= 0.3 is 11.4 Å². The molecule has 2 aromatic rings. The summed E-state index contributed by atoms with van der Waals surface area (Å²) in [4.78, 5) is 0.751. The number of phenols is 1. The van der Waals surface area contributed by atoms with Crippen LogP contribution in [0.4, 0.5) is 46.5 Å². The van der Waals surface area contributed by atoms with Gasteiger partial charge in [0.15, 0.2) is 0 Å². The normalized spacial score (nSPS) is 19.1. The summed E-state index contributed by atoms with van der Waals surface area (Å²) < 4.78 is 110. The van der Waals surface area contributed by atoms with Crippen molar-refractivity contribution < 1.29 is 40.2 Å². The van der Waals surface area contributed by atoms with Crippen LogP contribution in [0.3, 0.4) is 0 Å². The smallest absolute Gasteiger partial charge is 0.420 e. The molecule has 0 aromatic heterocycles. The molecule has 0 amide bonds. The van der Waals surface area contributed by atoms with E-state index in [2.05, 4.69) is 0 Å². The summed E-state index contributed by atoms with van der Waals surface area (Å²) in [5.41, 5.74) is -1.61. The van der Waals surface area contributed by atoms with Gasteiger partial charge in [0.25, 0.3) is 0 Å². The van der Waals surface area contributed by atoms with Gasteiger partial charge in [-0.2, -0.15) is 22.0 Å². The van der Waals surface area contributed by atoms with Crippen LogP contribution in [0.25, 0.3) is 0 Å². The Hall–Kier alpha value is -2.17. The summed E-state index contributed by atoms with van der Waals surface area (Å²) >= 11 is -0.0926. The van der Waals surface area contributed by atoms with Crippen LogP contribution in [-0.4, -0.2) is 22.8 Å². The molecular formula is C20H17F8NOS. The molecule has 170 valence electrons. The van der Waals surface area contributed by atoms with Gasteiger partial charge in [-0.3, -0.25) is 0 Å². The summed E-state index contributed by atoms with van der Waals surface area (Å²) in [5.74, 6) is -6.74. The van der Waals surface area contributed by atoms with E-state index >= 15 is 0 Å². The van der Waals surface area contributed by atoms with Crippen LogP contribution >= 0.6 is 11.8 Å². The zero-order valence-electron chi connectivity index (χ0n) is 16.0. The molecule has 1 unspecified atom stereocenters. The number of phenolic OH excluding ortho intramolecular Hbond substituents is 1. The molecule has 31 heavy (non-hydrogen) atoms. The number of hydrogen-bond donors (Lipinski definition) is 1. The second-order valence-corrected chi connectivity index (χ2v) is 8.58. The quantitative estimate of drug-likeness (QED) is 0.469. The number of fused-ring (bicyclic) bond motifs is 1. The average Bonchev–Trinajstić information content (AvgIpc) is 2.71. The number of rotatable bonds is 4. The van der Waals surface area contributed by atoms with Gasteiger partial charge in [0.2, 0.25) is 5.92 Å². The zero-order valence-corrected chi connectivity index (χ0v) is 16.8. The second-order valence-electron chi connectivity index (χ2n) is 7.39. The Morgan fingerprint density at radius 2 is 1.71 bits per heavy atom. The van der Waals surface area contributed by atoms with Gasteiger partial charge in [0.1, 0.15) is 11.6 Å². The van der Waals surface area contributed by atoms with Crippen molar-refractivity contribution in [3.05, 3.63) is 47.8 Å². The fourth-order valence-corrected chi connectivity index (χ4v) is 4.38. The first-order chi connectivity index (χ1) is 14.2. The standard InChI is InChI=1S/C20H17F8NOS/c1-18(22,23)7-6-11-10-29(13-4-2-12(21)3-5-13)15-8-14(19(24,25)26)16(30)9-17(15)31-20(11,27)28/h2-5,8-9,11,30H,6-7,10H2,1H3. The Labute approximate surface area is 176 Å². The molecule has 0 fully saturated rings. The Balaban J connectivity index is 2.14. The third-order valence-corrected chi connectivity index (χ3v) is 6.02. The number of anilines is 2. The lowest BCUT2D eigenvalue weighted by atomic mass is 9.99. The summed E-state index contributed by atoms with van der Waals surface area (Å²) in [7, 11) is 0. The lowest BCUT2D eigenvalue weighted by molar-refractivity contribution is -0.138. The largest absolute Gasteiger partial charge is 0.507 e. The number of aromatic hydroxyl groups is 1. The average molecular weight is 471 g/mol. The fourth-order valence-electron chi connectivity index (χ4n) is 3.28. The Kier molecular flexibility index (Phi) is 6.11. The van der Waals surface area contributed by atoms with Gasteiger partial charge in [-0.25, -0.2) is 13.2 Å². The molecule has 0 spiro atoms. The lowest BCUT2D eigenvalue weighted by Gasteiger charge is -2.30. The van der Waals surface area contributed by atoms with E-state index in [9.17, 15) is 40.2 Å². The predicted octanol–water partition coefficient (Wildman–Crippen LogP) is 7.44. The van der Waals surface area contributed by atoms with E-state index in [1.807, 2.05) is 0 Å². The van der Waals surface area contributed by atoms with Crippen LogP contribution in [0.5, 0.6) is 5.75 Å². The van der Waals surface area contributed by atoms with Crippen molar-refractivity contribution in [2.75, 3.05) is 11.4 Å². The molecule has 1 aliphatic heterocycles. The van der Waals surface area contributed by atoms with Gasteiger partial charge < -0.3 is 10.0 Å². The van der Waals surface area contributed by atoms with E-state index in [1.54, 1.807) is 0 Å². The molecule has 1 N–H and O–H groups in total. The van der Waals surface area contributed by atoms with E-state index in [0.717, 1.165) is 17.0 Å². The lowest BCUT2D eigenvalue weighted by Crippen LogP contribution is -2.34. The highest BCUT2D eigenvalue weighted by Gasteiger charge is 2.47. The molecular weight excluding hydrogens is 454 g/mol. The highest BCUT2D eigenvalue weighted by Crippen LogP contribution is 2.54. The number of hydrogen-bond acceptors (Lipinski definition) is 3. The van der Waals surface area contributed by atoms with Crippen LogP contribution < -0.4 is 4.90 Å². The Morgan fingerprint density at radius 3 is 2.26 bits per heavy atom. The predicted molar refractivity (Wildman–Crippen MR) is 101 cm³/mol. The first-order valence-electron chi connectivity index (χ1n) is 9.09. The maximum absolute atomic E-state index is 14.9. The van der Waals surface area contributed by atoms with Crippen LogP contribution in [0.2, 0.25) is 0 Å². The number of alkyl halides is 7. The minimum absolute atomic E-state index is 0.0926. The first-order valence-corrected chi connectivity index (χ1v) is 9.91. The summed E-state index contributed by atoms with van der Waals surface area (Å²) in [6, 6.07) is 5.52. The maximum Gasteiger partial charge on any atom is 0.420 e. The number of benzene rings is 2. The van der Waals surface area contributed by atoms with Crippen molar-refractivity contribution in [3.63, 3.8) is 0 Å². The molecule has 0 saturated heterocycles. The molecule has 1 aliphatic rings. The van der Waals surface area contributed by atoms with E-state index in [1.165, 1.54) is 12.1 Å². The zero-order chi connectivity index (χ0) is 23.2. The molecule has 0 aliphatic carbocycles. The van der Waals surface area contributed by atoms with Crippen LogP contribution in [0.1, 0.15) is 25.3 Å². The van der Waals surface area contributed by atoms with Crippen molar-refractivity contribution in [2.45, 2.75) is 42.0 Å². The number of thioether (sulfide) groups is 1. The van der Waals surface area contributed by atoms with Gasteiger partial charge in [0.05, 0.1) is 17.2 Å². The first kappa shape index (κ1) is 23.5. The SMILES string of the molecule is CC(F)(F)CCC1CN(c2ccc(F)cc2)c2cc(C(F)(F)F)c(O)cc2SC1(F)F. The minimum atomic E-state index is -4.96. The molecule has 0 radical (unpaired) electrons. The second kappa shape index (κ2) is 8.07. The monoisotopic (exact) mass is 471 g/mol. The third-order valence-electron chi connectivity index (χ3n) is 4.87. The van der Waals surface area contributed by atoms with E-state index in [-0.39, 0.29) is 28.0 Å². The molecule has 3 rings (SSSR count). The molecule has 11 heteroatoms. The van der Waals surface area contributed by atoms with E-state index in [4.69, 9.17) is 0 Å². The molecule has 1 heterocycles. The van der Waals surface area contributed by atoms with Crippen molar-refractivity contribution in [3.8, 4) is 5.75 Å². The summed E-state index contributed by atoms with van der Waals surface area (Å²) in [6.07, 6.45) is -6.41. The van der Waals surface area contributed by atoms with Gasteiger partial charge in [-0.05, 0) is 61.5 Å². The van der Waals surface area contributed by atoms with Crippen LogP contribution in [0.15, 0.2) is 41.3 Å². The molecule has 1 atom stereocenters. The Bertz CT molecular complexity index is 940.